The Morgan fingerprint density at radius 2 is 1.85 bits per heavy atom. The molecule has 1 unspecified atom stereocenters. The zero-order chi connectivity index (χ0) is 9.90. The minimum absolute atomic E-state index is 0.167. The smallest absolute Gasteiger partial charge is 0.0180 e. The Morgan fingerprint density at radius 1 is 1.31 bits per heavy atom. The topological polar surface area (TPSA) is 26.0 Å². The molecule has 1 aliphatic carbocycles. The predicted octanol–water partition coefficient (Wildman–Crippen LogP) is 3.33. The summed E-state index contributed by atoms with van der Waals surface area (Å²) in [5, 5.41) is 0. The maximum atomic E-state index is 6.43. The molecule has 1 heteroatoms. The SMILES string of the molecule is CCC1CCC(N)(C(C)CC)CC1. The van der Waals surface area contributed by atoms with Crippen molar-refractivity contribution in [3.8, 4) is 0 Å². The van der Waals surface area contributed by atoms with Crippen LogP contribution in [0.25, 0.3) is 0 Å². The molecule has 0 radical (unpaired) electrons. The highest BCUT2D eigenvalue weighted by Crippen LogP contribution is 2.37. The summed E-state index contributed by atoms with van der Waals surface area (Å²) in [4.78, 5) is 0. The van der Waals surface area contributed by atoms with Gasteiger partial charge in [0.1, 0.15) is 0 Å². The van der Waals surface area contributed by atoms with E-state index in [1.807, 2.05) is 0 Å². The van der Waals surface area contributed by atoms with Gasteiger partial charge in [0.15, 0.2) is 0 Å². The molecule has 1 rings (SSSR count). The third-order valence-corrected chi connectivity index (χ3v) is 4.21. The van der Waals surface area contributed by atoms with Crippen LogP contribution in [0, 0.1) is 11.8 Å². The van der Waals surface area contributed by atoms with E-state index in [1.165, 1.54) is 38.5 Å². The molecular formula is C12H25N. The quantitative estimate of drug-likeness (QED) is 0.713. The van der Waals surface area contributed by atoms with Crippen molar-refractivity contribution in [2.24, 2.45) is 17.6 Å². The standard InChI is InChI=1S/C12H25N/c1-4-10(3)12(13)8-6-11(5-2)7-9-12/h10-11H,4-9,13H2,1-3H3. The van der Waals surface area contributed by atoms with Crippen LogP contribution < -0.4 is 5.73 Å². The van der Waals surface area contributed by atoms with Crippen LogP contribution in [-0.4, -0.2) is 5.54 Å². The molecule has 78 valence electrons. The van der Waals surface area contributed by atoms with Gasteiger partial charge in [-0.1, -0.05) is 33.6 Å². The highest BCUT2D eigenvalue weighted by Gasteiger charge is 2.34. The summed E-state index contributed by atoms with van der Waals surface area (Å²) < 4.78 is 0. The molecule has 13 heavy (non-hydrogen) atoms. The summed E-state index contributed by atoms with van der Waals surface area (Å²) in [6.45, 7) is 6.87. The molecule has 0 bridgehead atoms. The van der Waals surface area contributed by atoms with Crippen molar-refractivity contribution in [3.05, 3.63) is 0 Å². The maximum absolute atomic E-state index is 6.43. The fourth-order valence-electron chi connectivity index (χ4n) is 2.52. The van der Waals surface area contributed by atoms with E-state index in [0.717, 1.165) is 5.92 Å². The Hall–Kier alpha value is -0.0400. The maximum Gasteiger partial charge on any atom is 0.0180 e. The van der Waals surface area contributed by atoms with E-state index >= 15 is 0 Å². The van der Waals surface area contributed by atoms with Crippen molar-refractivity contribution in [2.45, 2.75) is 64.8 Å². The second kappa shape index (κ2) is 4.45. The van der Waals surface area contributed by atoms with Crippen LogP contribution in [-0.2, 0) is 0 Å². The van der Waals surface area contributed by atoms with Crippen LogP contribution in [0.5, 0.6) is 0 Å². The summed E-state index contributed by atoms with van der Waals surface area (Å²) in [5.41, 5.74) is 6.60. The molecule has 0 heterocycles. The summed E-state index contributed by atoms with van der Waals surface area (Å²) in [6, 6.07) is 0. The van der Waals surface area contributed by atoms with Gasteiger partial charge < -0.3 is 5.73 Å². The average Bonchev–Trinajstić information content (AvgIpc) is 2.18. The van der Waals surface area contributed by atoms with Crippen LogP contribution in [0.2, 0.25) is 0 Å². The minimum atomic E-state index is 0.167. The van der Waals surface area contributed by atoms with Crippen molar-refractivity contribution in [2.75, 3.05) is 0 Å². The lowest BCUT2D eigenvalue weighted by Crippen LogP contribution is -2.48. The highest BCUT2D eigenvalue weighted by atomic mass is 14.8. The first kappa shape index (κ1) is 11.0. The molecule has 0 aromatic heterocycles. The van der Waals surface area contributed by atoms with Crippen LogP contribution in [0.15, 0.2) is 0 Å². The van der Waals surface area contributed by atoms with Crippen molar-refractivity contribution >= 4 is 0 Å². The fourth-order valence-corrected chi connectivity index (χ4v) is 2.52. The predicted molar refractivity (Wildman–Crippen MR) is 58.6 cm³/mol. The first-order valence-electron chi connectivity index (χ1n) is 5.91. The lowest BCUT2D eigenvalue weighted by Gasteiger charge is -2.41. The van der Waals surface area contributed by atoms with E-state index in [0.29, 0.717) is 5.92 Å². The molecule has 2 N–H and O–H groups in total. The third kappa shape index (κ3) is 2.46. The Morgan fingerprint density at radius 3 is 2.23 bits per heavy atom. The lowest BCUT2D eigenvalue weighted by molar-refractivity contribution is 0.165. The van der Waals surface area contributed by atoms with Crippen molar-refractivity contribution in [3.63, 3.8) is 0 Å². The van der Waals surface area contributed by atoms with E-state index in [-0.39, 0.29) is 5.54 Å². The first-order valence-corrected chi connectivity index (χ1v) is 5.91. The van der Waals surface area contributed by atoms with Gasteiger partial charge in [-0.05, 0) is 37.5 Å². The number of hydrogen-bond donors (Lipinski definition) is 1. The van der Waals surface area contributed by atoms with E-state index in [4.69, 9.17) is 5.73 Å². The average molecular weight is 183 g/mol. The molecule has 1 nitrogen and oxygen atoms in total. The van der Waals surface area contributed by atoms with Gasteiger partial charge in [-0.3, -0.25) is 0 Å². The summed E-state index contributed by atoms with van der Waals surface area (Å²) in [6.07, 6.45) is 7.79. The van der Waals surface area contributed by atoms with Crippen molar-refractivity contribution in [1.29, 1.82) is 0 Å². The van der Waals surface area contributed by atoms with E-state index < -0.39 is 0 Å². The summed E-state index contributed by atoms with van der Waals surface area (Å²) in [7, 11) is 0. The van der Waals surface area contributed by atoms with E-state index in [9.17, 15) is 0 Å². The third-order valence-electron chi connectivity index (χ3n) is 4.21. The minimum Gasteiger partial charge on any atom is -0.325 e. The molecule has 1 saturated carbocycles. The van der Waals surface area contributed by atoms with Crippen LogP contribution in [0.3, 0.4) is 0 Å². The lowest BCUT2D eigenvalue weighted by atomic mass is 9.69. The largest absolute Gasteiger partial charge is 0.325 e. The molecule has 0 aromatic rings. The molecular weight excluding hydrogens is 158 g/mol. The van der Waals surface area contributed by atoms with Gasteiger partial charge in [0.05, 0.1) is 0 Å². The van der Waals surface area contributed by atoms with Crippen LogP contribution >= 0.6 is 0 Å². The second-order valence-corrected chi connectivity index (χ2v) is 4.89. The molecule has 1 fully saturated rings. The number of nitrogens with two attached hydrogens (primary N) is 1. The monoisotopic (exact) mass is 183 g/mol. The zero-order valence-corrected chi connectivity index (χ0v) is 9.47. The van der Waals surface area contributed by atoms with E-state index in [1.54, 1.807) is 0 Å². The Labute approximate surface area is 83.1 Å². The van der Waals surface area contributed by atoms with Gasteiger partial charge in [-0.15, -0.1) is 0 Å². The van der Waals surface area contributed by atoms with Gasteiger partial charge >= 0.3 is 0 Å². The van der Waals surface area contributed by atoms with Crippen LogP contribution in [0.4, 0.5) is 0 Å². The van der Waals surface area contributed by atoms with Gasteiger partial charge in [0.25, 0.3) is 0 Å². The molecule has 0 saturated heterocycles. The van der Waals surface area contributed by atoms with Crippen LogP contribution in [0.1, 0.15) is 59.3 Å². The first-order chi connectivity index (χ1) is 6.12. The summed E-state index contributed by atoms with van der Waals surface area (Å²) in [5.74, 6) is 1.66. The molecule has 1 atom stereocenters. The number of rotatable bonds is 3. The Kier molecular flexibility index (Phi) is 3.78. The Bertz CT molecular complexity index is 145. The van der Waals surface area contributed by atoms with Gasteiger partial charge in [0.2, 0.25) is 0 Å². The van der Waals surface area contributed by atoms with E-state index in [2.05, 4.69) is 20.8 Å². The zero-order valence-electron chi connectivity index (χ0n) is 9.47. The van der Waals surface area contributed by atoms with Gasteiger partial charge in [0, 0.05) is 5.54 Å². The van der Waals surface area contributed by atoms with Crippen molar-refractivity contribution in [1.82, 2.24) is 0 Å². The number of hydrogen-bond acceptors (Lipinski definition) is 1. The molecule has 0 spiro atoms. The van der Waals surface area contributed by atoms with Crippen molar-refractivity contribution < 1.29 is 0 Å². The molecule has 0 aromatic carbocycles. The molecule has 1 aliphatic rings. The molecule has 0 aliphatic heterocycles. The van der Waals surface area contributed by atoms with Gasteiger partial charge in [-0.2, -0.15) is 0 Å². The summed E-state index contributed by atoms with van der Waals surface area (Å²) >= 11 is 0. The Balaban J connectivity index is 2.46. The fraction of sp³-hybridized carbons (Fsp3) is 1.00. The van der Waals surface area contributed by atoms with Gasteiger partial charge in [-0.25, -0.2) is 0 Å². The second-order valence-electron chi connectivity index (χ2n) is 4.89. The highest BCUT2D eigenvalue weighted by molar-refractivity contribution is 4.92. The molecule has 0 amide bonds. The normalized spacial score (nSPS) is 37.4.